The van der Waals surface area contributed by atoms with E-state index < -0.39 is 26.2 Å². The summed E-state index contributed by atoms with van der Waals surface area (Å²) in [5, 5.41) is 0. The van der Waals surface area contributed by atoms with Gasteiger partial charge in [-0.25, -0.2) is 8.42 Å². The number of hydrogen-bond acceptors (Lipinski definition) is 4. The maximum Gasteiger partial charge on any atom is 0.254 e. The van der Waals surface area contributed by atoms with E-state index >= 15 is 0 Å². The summed E-state index contributed by atoms with van der Waals surface area (Å²) in [7, 11) is -3.69. The van der Waals surface area contributed by atoms with Crippen LogP contribution < -0.4 is 10.5 Å². The third-order valence-corrected chi connectivity index (χ3v) is 4.87. The molecule has 1 fully saturated rings. The Morgan fingerprint density at radius 3 is 2.38 bits per heavy atom. The van der Waals surface area contributed by atoms with Crippen molar-refractivity contribution >= 4 is 15.9 Å². The largest absolute Gasteiger partial charge is 0.317 e. The minimum Gasteiger partial charge on any atom is -0.317 e. The lowest BCUT2D eigenvalue weighted by Gasteiger charge is -2.21. The molecule has 1 aliphatic rings. The molecule has 5 nitrogen and oxygen atoms in total. The molecule has 3 N–H and O–H groups in total. The van der Waals surface area contributed by atoms with Crippen LogP contribution in [-0.2, 0) is 14.8 Å². The van der Waals surface area contributed by atoms with Gasteiger partial charge in [0.2, 0.25) is 10.0 Å². The molecule has 1 aliphatic carbocycles. The maximum atomic E-state index is 11.7. The van der Waals surface area contributed by atoms with Crippen molar-refractivity contribution in [2.24, 2.45) is 11.7 Å². The fourth-order valence-electron chi connectivity index (χ4n) is 1.23. The zero-order valence-corrected chi connectivity index (χ0v) is 10.6. The molecule has 92 valence electrons. The molecule has 2 atom stereocenters. The highest BCUT2D eigenvalue weighted by atomic mass is 32.2. The third kappa shape index (κ3) is 2.12. The van der Waals surface area contributed by atoms with Crippen molar-refractivity contribution in [3.05, 3.63) is 12.7 Å². The fraction of sp³-hybridized carbons (Fsp3) is 0.700. The van der Waals surface area contributed by atoms with Crippen LogP contribution in [0.25, 0.3) is 0 Å². The van der Waals surface area contributed by atoms with Crippen LogP contribution in [0, 0.1) is 5.92 Å². The Labute approximate surface area is 96.1 Å². The number of rotatable bonds is 3. The zero-order valence-electron chi connectivity index (χ0n) is 9.78. The first-order chi connectivity index (χ1) is 7.04. The topological polar surface area (TPSA) is 89.3 Å². The maximum absolute atomic E-state index is 11.7. The van der Waals surface area contributed by atoms with E-state index in [9.17, 15) is 13.2 Å². The number of sulfonamides is 1. The molecule has 0 radical (unpaired) electrons. The molecule has 1 rings (SSSR count). The molecule has 0 aromatic heterocycles. The molecule has 0 aromatic rings. The normalized spacial score (nSPS) is 29.6. The molecule has 0 aromatic carbocycles. The monoisotopic (exact) mass is 246 g/mol. The van der Waals surface area contributed by atoms with E-state index in [-0.39, 0.29) is 5.92 Å². The molecule has 0 saturated heterocycles. The standard InChI is InChI=1S/C10H18N2O3S/c1-5-7-6-10(7,11)8(13)12-16(14,15)9(2,3)4/h5,7H,1,6,11H2,2-4H3,(H,12,13)/t7-,10-/m1/s1. The fourth-order valence-corrected chi connectivity index (χ4v) is 1.97. The van der Waals surface area contributed by atoms with Gasteiger partial charge in [0.1, 0.15) is 5.54 Å². The summed E-state index contributed by atoms with van der Waals surface area (Å²) in [5.74, 6) is -0.782. The molecule has 0 bridgehead atoms. The molecular weight excluding hydrogens is 228 g/mol. The van der Waals surface area contributed by atoms with Crippen LogP contribution in [0.2, 0.25) is 0 Å². The number of hydrogen-bond donors (Lipinski definition) is 2. The predicted octanol–water partition coefficient (Wildman–Crippen LogP) is 0.134. The summed E-state index contributed by atoms with van der Waals surface area (Å²) < 4.78 is 24.4. The van der Waals surface area contributed by atoms with Gasteiger partial charge in [0.05, 0.1) is 4.75 Å². The van der Waals surface area contributed by atoms with Gasteiger partial charge in [-0.2, -0.15) is 0 Å². The first kappa shape index (κ1) is 13.2. The van der Waals surface area contributed by atoms with E-state index in [4.69, 9.17) is 5.73 Å². The van der Waals surface area contributed by atoms with Gasteiger partial charge >= 0.3 is 0 Å². The minimum atomic E-state index is -3.69. The lowest BCUT2D eigenvalue weighted by Crippen LogP contribution is -2.51. The second kappa shape index (κ2) is 3.56. The average molecular weight is 246 g/mol. The molecule has 0 spiro atoms. The Kier molecular flexibility index (Phi) is 2.94. The van der Waals surface area contributed by atoms with Crippen LogP contribution >= 0.6 is 0 Å². The van der Waals surface area contributed by atoms with E-state index in [1.807, 2.05) is 4.72 Å². The van der Waals surface area contributed by atoms with Gasteiger partial charge in [-0.05, 0) is 27.2 Å². The SMILES string of the molecule is C=C[C@@H]1C[C@]1(N)C(=O)NS(=O)(=O)C(C)(C)C. The predicted molar refractivity (Wildman–Crippen MR) is 62.0 cm³/mol. The number of amides is 1. The van der Waals surface area contributed by atoms with Gasteiger partial charge < -0.3 is 5.73 Å². The number of carbonyl (C=O) groups is 1. The van der Waals surface area contributed by atoms with E-state index in [0.717, 1.165) is 0 Å². The molecule has 6 heteroatoms. The lowest BCUT2D eigenvalue weighted by molar-refractivity contribution is -0.121. The van der Waals surface area contributed by atoms with Gasteiger partial charge in [0.25, 0.3) is 5.91 Å². The molecule has 16 heavy (non-hydrogen) atoms. The molecule has 0 unspecified atom stereocenters. The van der Waals surface area contributed by atoms with Crippen LogP contribution in [0.5, 0.6) is 0 Å². The van der Waals surface area contributed by atoms with Crippen LogP contribution in [0.15, 0.2) is 12.7 Å². The van der Waals surface area contributed by atoms with Crippen LogP contribution in [0.1, 0.15) is 27.2 Å². The highest BCUT2D eigenvalue weighted by Gasteiger charge is 2.56. The summed E-state index contributed by atoms with van der Waals surface area (Å²) in [6.07, 6.45) is 2.02. The second-order valence-corrected chi connectivity index (χ2v) is 7.57. The van der Waals surface area contributed by atoms with Crippen molar-refractivity contribution in [1.82, 2.24) is 4.72 Å². The summed E-state index contributed by atoms with van der Waals surface area (Å²) in [6, 6.07) is 0. The molecule has 1 saturated carbocycles. The Morgan fingerprint density at radius 1 is 1.56 bits per heavy atom. The van der Waals surface area contributed by atoms with Crippen LogP contribution in [0.4, 0.5) is 0 Å². The summed E-state index contributed by atoms with van der Waals surface area (Å²) in [4.78, 5) is 11.7. The Hall–Kier alpha value is -0.880. The van der Waals surface area contributed by atoms with Crippen LogP contribution in [-0.4, -0.2) is 24.6 Å². The van der Waals surface area contributed by atoms with Gasteiger partial charge in [-0.15, -0.1) is 6.58 Å². The van der Waals surface area contributed by atoms with Gasteiger partial charge in [-0.1, -0.05) is 6.08 Å². The van der Waals surface area contributed by atoms with Gasteiger partial charge in [0.15, 0.2) is 0 Å². The summed E-state index contributed by atoms with van der Waals surface area (Å²) >= 11 is 0. The van der Waals surface area contributed by atoms with Crippen molar-refractivity contribution < 1.29 is 13.2 Å². The van der Waals surface area contributed by atoms with Crippen molar-refractivity contribution in [2.45, 2.75) is 37.5 Å². The summed E-state index contributed by atoms with van der Waals surface area (Å²) in [5.41, 5.74) is 4.65. The van der Waals surface area contributed by atoms with Crippen molar-refractivity contribution in [1.29, 1.82) is 0 Å². The smallest absolute Gasteiger partial charge is 0.254 e. The van der Waals surface area contributed by atoms with Gasteiger partial charge in [-0.3, -0.25) is 9.52 Å². The lowest BCUT2D eigenvalue weighted by atomic mass is 10.2. The van der Waals surface area contributed by atoms with Crippen molar-refractivity contribution in [3.63, 3.8) is 0 Å². The zero-order chi connectivity index (χ0) is 12.8. The van der Waals surface area contributed by atoms with E-state index in [1.165, 1.54) is 20.8 Å². The number of nitrogens with two attached hydrogens (primary N) is 1. The van der Waals surface area contributed by atoms with Crippen molar-refractivity contribution in [3.8, 4) is 0 Å². The van der Waals surface area contributed by atoms with E-state index in [1.54, 1.807) is 6.08 Å². The minimum absolute atomic E-state index is 0.136. The van der Waals surface area contributed by atoms with E-state index in [2.05, 4.69) is 6.58 Å². The Morgan fingerprint density at radius 2 is 2.06 bits per heavy atom. The summed E-state index contributed by atoms with van der Waals surface area (Å²) in [6.45, 7) is 8.09. The molecule has 0 heterocycles. The second-order valence-electron chi connectivity index (χ2n) is 5.13. The molecular formula is C10H18N2O3S. The number of carbonyl (C=O) groups excluding carboxylic acids is 1. The first-order valence-corrected chi connectivity index (χ1v) is 6.51. The first-order valence-electron chi connectivity index (χ1n) is 5.03. The quantitative estimate of drug-likeness (QED) is 0.693. The average Bonchev–Trinajstić information content (AvgIpc) is 2.76. The Balaban J connectivity index is 2.78. The highest BCUT2D eigenvalue weighted by Crippen LogP contribution is 2.42. The van der Waals surface area contributed by atoms with Crippen LogP contribution in [0.3, 0.4) is 0 Å². The molecule has 0 aliphatic heterocycles. The van der Waals surface area contributed by atoms with E-state index in [0.29, 0.717) is 6.42 Å². The third-order valence-electron chi connectivity index (χ3n) is 2.80. The van der Waals surface area contributed by atoms with Crippen molar-refractivity contribution in [2.75, 3.05) is 0 Å². The Bertz CT molecular complexity index is 422. The van der Waals surface area contributed by atoms with Gasteiger partial charge in [0, 0.05) is 5.92 Å². The molecule has 1 amide bonds. The highest BCUT2D eigenvalue weighted by molar-refractivity contribution is 7.91. The number of nitrogens with one attached hydrogen (secondary N) is 1.